The number of hydrogen-bond acceptors (Lipinski definition) is 0. The summed E-state index contributed by atoms with van der Waals surface area (Å²) in [6.07, 6.45) is 0. The normalized spacial score (nSPS) is 13.1. The van der Waals surface area contributed by atoms with Crippen molar-refractivity contribution in [2.45, 2.75) is 5.41 Å². The molecule has 0 saturated heterocycles. The summed E-state index contributed by atoms with van der Waals surface area (Å²) in [5.74, 6) is 0. The Kier molecular flexibility index (Phi) is 5.83. The Morgan fingerprint density at radius 3 is 1.09 bits per heavy atom. The van der Waals surface area contributed by atoms with E-state index in [9.17, 15) is 0 Å². The summed E-state index contributed by atoms with van der Waals surface area (Å²) in [6.45, 7) is 0. The second-order valence-corrected chi connectivity index (χ2v) is 12.0. The summed E-state index contributed by atoms with van der Waals surface area (Å²) in [7, 11) is 0. The van der Waals surface area contributed by atoms with E-state index in [-0.39, 0.29) is 0 Å². The Bertz CT molecular complexity index is 2180. The lowest BCUT2D eigenvalue weighted by Gasteiger charge is -2.34. The van der Waals surface area contributed by atoms with Crippen LogP contribution in [0.2, 0.25) is 0 Å². The van der Waals surface area contributed by atoms with E-state index in [1.54, 1.807) is 0 Å². The van der Waals surface area contributed by atoms with Crippen molar-refractivity contribution in [2.24, 2.45) is 0 Å². The standard InChI is InChI=1S/C45H30/c1-3-15-37-31(11-1)13-9-19-39(37)33-23-27-35(28-24-33)45(43-21-7-5-17-41(43)42-18-6-8-22-44(42)45)36-29-25-34(26-30-36)40-20-10-14-32-12-2-4-16-38(32)40/h1-30H. The Morgan fingerprint density at radius 1 is 0.267 bits per heavy atom. The van der Waals surface area contributed by atoms with Gasteiger partial charge in [-0.2, -0.15) is 0 Å². The quantitative estimate of drug-likeness (QED) is 0.197. The molecule has 0 nitrogen and oxygen atoms in total. The van der Waals surface area contributed by atoms with Gasteiger partial charge in [-0.3, -0.25) is 0 Å². The van der Waals surface area contributed by atoms with E-state index in [1.807, 2.05) is 0 Å². The predicted octanol–water partition coefficient (Wildman–Crippen LogP) is 11.7. The van der Waals surface area contributed by atoms with Gasteiger partial charge in [0.05, 0.1) is 5.41 Å². The first-order chi connectivity index (χ1) is 22.3. The minimum absolute atomic E-state index is 0.429. The van der Waals surface area contributed by atoms with E-state index in [2.05, 4.69) is 182 Å². The summed E-state index contributed by atoms with van der Waals surface area (Å²) >= 11 is 0. The van der Waals surface area contributed by atoms with Gasteiger partial charge in [-0.25, -0.2) is 0 Å². The first-order valence-electron chi connectivity index (χ1n) is 15.7. The maximum absolute atomic E-state index is 2.36. The molecule has 0 atom stereocenters. The highest BCUT2D eigenvalue weighted by Crippen LogP contribution is 2.56. The lowest BCUT2D eigenvalue weighted by molar-refractivity contribution is 0.769. The molecule has 0 bridgehead atoms. The third kappa shape index (κ3) is 3.86. The maximum atomic E-state index is 2.36. The fourth-order valence-electron chi connectivity index (χ4n) is 7.78. The molecule has 1 aliphatic carbocycles. The van der Waals surface area contributed by atoms with Crippen LogP contribution in [0.4, 0.5) is 0 Å². The van der Waals surface area contributed by atoms with Gasteiger partial charge in [-0.15, -0.1) is 0 Å². The molecule has 0 spiro atoms. The third-order valence-electron chi connectivity index (χ3n) is 9.79. The van der Waals surface area contributed by atoms with Gasteiger partial charge in [-0.05, 0) is 77.2 Å². The van der Waals surface area contributed by atoms with E-state index in [0.717, 1.165) is 0 Å². The van der Waals surface area contributed by atoms with Crippen LogP contribution in [0, 0.1) is 0 Å². The Morgan fingerprint density at radius 2 is 0.622 bits per heavy atom. The molecule has 8 aromatic carbocycles. The van der Waals surface area contributed by atoms with Gasteiger partial charge in [-0.1, -0.05) is 182 Å². The number of rotatable bonds is 4. The molecule has 0 aromatic heterocycles. The average Bonchev–Trinajstić information content (AvgIpc) is 3.42. The summed E-state index contributed by atoms with van der Waals surface area (Å²) in [6, 6.07) is 67.1. The monoisotopic (exact) mass is 570 g/mol. The van der Waals surface area contributed by atoms with Crippen molar-refractivity contribution in [3.05, 3.63) is 204 Å². The van der Waals surface area contributed by atoms with Crippen molar-refractivity contribution >= 4 is 21.5 Å². The van der Waals surface area contributed by atoms with Crippen LogP contribution in [0.3, 0.4) is 0 Å². The van der Waals surface area contributed by atoms with Crippen molar-refractivity contribution in [3.63, 3.8) is 0 Å². The fourth-order valence-corrected chi connectivity index (χ4v) is 7.78. The zero-order valence-electron chi connectivity index (χ0n) is 24.8. The van der Waals surface area contributed by atoms with E-state index in [4.69, 9.17) is 0 Å². The molecule has 9 rings (SSSR count). The molecule has 0 fully saturated rings. The van der Waals surface area contributed by atoms with Crippen molar-refractivity contribution in [1.82, 2.24) is 0 Å². The Balaban J connectivity index is 1.25. The van der Waals surface area contributed by atoms with Crippen LogP contribution in [0.1, 0.15) is 22.3 Å². The SMILES string of the molecule is c1ccc2c(c1)-c1ccccc1C2(c1ccc(-c2cccc3ccccc23)cc1)c1ccc(-c2cccc3ccccc23)cc1. The molecule has 0 amide bonds. The number of benzene rings is 8. The van der Waals surface area contributed by atoms with Crippen LogP contribution in [0.25, 0.3) is 54.9 Å². The average molecular weight is 571 g/mol. The zero-order chi connectivity index (χ0) is 29.8. The van der Waals surface area contributed by atoms with Crippen molar-refractivity contribution in [3.8, 4) is 33.4 Å². The smallest absolute Gasteiger partial charge is 0.0619 e. The minimum atomic E-state index is -0.429. The van der Waals surface area contributed by atoms with Crippen molar-refractivity contribution in [2.75, 3.05) is 0 Å². The third-order valence-corrected chi connectivity index (χ3v) is 9.79. The van der Waals surface area contributed by atoms with Crippen LogP contribution < -0.4 is 0 Å². The molecule has 1 aliphatic rings. The molecule has 210 valence electrons. The Hall–Kier alpha value is -5.72. The number of fused-ring (bicyclic) bond motifs is 5. The van der Waals surface area contributed by atoms with Gasteiger partial charge in [0.15, 0.2) is 0 Å². The van der Waals surface area contributed by atoms with E-state index < -0.39 is 5.41 Å². The largest absolute Gasteiger partial charge is 0.0713 e. The summed E-state index contributed by atoms with van der Waals surface area (Å²) in [5.41, 5.74) is 12.4. The topological polar surface area (TPSA) is 0 Å². The molecule has 0 unspecified atom stereocenters. The van der Waals surface area contributed by atoms with Crippen LogP contribution in [0.5, 0.6) is 0 Å². The van der Waals surface area contributed by atoms with E-state index in [1.165, 1.54) is 77.2 Å². The first-order valence-corrected chi connectivity index (χ1v) is 15.7. The molecular formula is C45H30. The molecule has 0 heterocycles. The highest BCUT2D eigenvalue weighted by molar-refractivity contribution is 5.98. The lowest BCUT2D eigenvalue weighted by atomic mass is 9.67. The summed E-state index contributed by atoms with van der Waals surface area (Å²) in [4.78, 5) is 0. The fraction of sp³-hybridized carbons (Fsp3) is 0.0222. The molecular weight excluding hydrogens is 540 g/mol. The summed E-state index contributed by atoms with van der Waals surface area (Å²) in [5, 5.41) is 5.09. The van der Waals surface area contributed by atoms with Crippen LogP contribution in [-0.2, 0) is 5.41 Å². The predicted molar refractivity (Wildman–Crippen MR) is 190 cm³/mol. The van der Waals surface area contributed by atoms with Crippen LogP contribution in [0.15, 0.2) is 182 Å². The molecule has 0 aliphatic heterocycles. The molecule has 0 N–H and O–H groups in total. The second kappa shape index (κ2) is 10.2. The summed E-state index contributed by atoms with van der Waals surface area (Å²) < 4.78 is 0. The van der Waals surface area contributed by atoms with Gasteiger partial charge >= 0.3 is 0 Å². The molecule has 0 heteroatoms. The first kappa shape index (κ1) is 25.7. The van der Waals surface area contributed by atoms with Gasteiger partial charge in [0.1, 0.15) is 0 Å². The van der Waals surface area contributed by atoms with E-state index in [0.29, 0.717) is 0 Å². The minimum Gasteiger partial charge on any atom is -0.0619 e. The van der Waals surface area contributed by atoms with Gasteiger partial charge in [0, 0.05) is 0 Å². The molecule has 0 saturated carbocycles. The molecule has 8 aromatic rings. The Labute approximate surface area is 263 Å². The highest BCUT2D eigenvalue weighted by atomic mass is 14.5. The van der Waals surface area contributed by atoms with E-state index >= 15 is 0 Å². The van der Waals surface area contributed by atoms with Gasteiger partial charge in [0.25, 0.3) is 0 Å². The van der Waals surface area contributed by atoms with Crippen LogP contribution in [-0.4, -0.2) is 0 Å². The lowest BCUT2D eigenvalue weighted by Crippen LogP contribution is -2.28. The van der Waals surface area contributed by atoms with Crippen molar-refractivity contribution in [1.29, 1.82) is 0 Å². The van der Waals surface area contributed by atoms with Crippen LogP contribution >= 0.6 is 0 Å². The van der Waals surface area contributed by atoms with Gasteiger partial charge in [0.2, 0.25) is 0 Å². The van der Waals surface area contributed by atoms with Crippen molar-refractivity contribution < 1.29 is 0 Å². The zero-order valence-corrected chi connectivity index (χ0v) is 24.8. The molecule has 0 radical (unpaired) electrons. The second-order valence-electron chi connectivity index (χ2n) is 12.0. The van der Waals surface area contributed by atoms with Gasteiger partial charge < -0.3 is 0 Å². The number of hydrogen-bond donors (Lipinski definition) is 0. The maximum Gasteiger partial charge on any atom is 0.0713 e. The highest BCUT2D eigenvalue weighted by Gasteiger charge is 2.45. The molecule has 45 heavy (non-hydrogen) atoms.